The standard InChI is InChI=1S/C18H11ClF3N5/c19-13-2-1-3-14(8-13)25-17-15(9-23)16(26-27-17)24-10-11-4-6-12(7-5-11)18(20,21)22/h1-8,10H,(H2,25,26,27). The number of nitriles is 1. The molecule has 2 N–H and O–H groups in total. The van der Waals surface area contributed by atoms with Crippen molar-refractivity contribution in [3.8, 4) is 6.07 Å². The van der Waals surface area contributed by atoms with E-state index in [2.05, 4.69) is 20.5 Å². The zero-order valence-corrected chi connectivity index (χ0v) is 14.3. The summed E-state index contributed by atoms with van der Waals surface area (Å²) < 4.78 is 37.7. The average molecular weight is 390 g/mol. The molecule has 0 saturated carbocycles. The predicted octanol–water partition coefficient (Wildman–Crippen LogP) is 5.45. The number of rotatable bonds is 4. The number of H-pyrrole nitrogens is 1. The van der Waals surface area contributed by atoms with Gasteiger partial charge in [0.25, 0.3) is 0 Å². The molecule has 27 heavy (non-hydrogen) atoms. The van der Waals surface area contributed by atoms with Crippen molar-refractivity contribution in [1.82, 2.24) is 10.2 Å². The molecule has 3 rings (SSSR count). The first-order chi connectivity index (χ1) is 12.9. The van der Waals surface area contributed by atoms with Crippen LogP contribution in [0.1, 0.15) is 16.7 Å². The first kappa shape index (κ1) is 18.5. The molecule has 0 fully saturated rings. The molecule has 0 unspecified atom stereocenters. The first-order valence-corrected chi connectivity index (χ1v) is 7.97. The molecule has 0 aliphatic heterocycles. The topological polar surface area (TPSA) is 76.9 Å². The smallest absolute Gasteiger partial charge is 0.339 e. The highest BCUT2D eigenvalue weighted by molar-refractivity contribution is 6.30. The minimum atomic E-state index is -4.40. The quantitative estimate of drug-likeness (QED) is 0.582. The van der Waals surface area contributed by atoms with Crippen LogP contribution in [0.2, 0.25) is 5.02 Å². The van der Waals surface area contributed by atoms with Crippen LogP contribution in [0.4, 0.5) is 30.5 Å². The molecule has 0 aliphatic carbocycles. The Hall–Kier alpha value is -3.31. The second kappa shape index (κ2) is 7.51. The molecule has 0 spiro atoms. The molecule has 9 heteroatoms. The maximum atomic E-state index is 12.6. The fraction of sp³-hybridized carbons (Fsp3) is 0.0556. The van der Waals surface area contributed by atoms with Gasteiger partial charge in [0.05, 0.1) is 5.56 Å². The number of nitrogens with one attached hydrogen (secondary N) is 2. The van der Waals surface area contributed by atoms with Gasteiger partial charge in [-0.15, -0.1) is 0 Å². The molecule has 0 aliphatic rings. The highest BCUT2D eigenvalue weighted by Gasteiger charge is 2.29. The SMILES string of the molecule is N#Cc1c(N=Cc2ccc(C(F)(F)F)cc2)n[nH]c1Nc1cccc(Cl)c1. The molecule has 0 radical (unpaired) electrons. The fourth-order valence-electron chi connectivity index (χ4n) is 2.23. The van der Waals surface area contributed by atoms with Crippen LogP contribution in [0.3, 0.4) is 0 Å². The van der Waals surface area contributed by atoms with Crippen LogP contribution in [0.25, 0.3) is 0 Å². The Morgan fingerprint density at radius 2 is 1.93 bits per heavy atom. The highest BCUT2D eigenvalue weighted by Crippen LogP contribution is 2.29. The number of hydrogen-bond acceptors (Lipinski definition) is 4. The number of hydrogen-bond donors (Lipinski definition) is 2. The van der Waals surface area contributed by atoms with Crippen molar-refractivity contribution in [1.29, 1.82) is 5.26 Å². The Bertz CT molecular complexity index is 1020. The summed E-state index contributed by atoms with van der Waals surface area (Å²) in [7, 11) is 0. The molecule has 1 heterocycles. The molecule has 0 saturated heterocycles. The number of aliphatic imine (C=N–C) groups is 1. The van der Waals surface area contributed by atoms with E-state index in [1.807, 2.05) is 6.07 Å². The molecular weight excluding hydrogens is 379 g/mol. The summed E-state index contributed by atoms with van der Waals surface area (Å²) in [4.78, 5) is 4.08. The number of nitrogens with zero attached hydrogens (tertiary/aromatic N) is 3. The summed E-state index contributed by atoms with van der Waals surface area (Å²) >= 11 is 5.92. The normalized spacial score (nSPS) is 11.5. The van der Waals surface area contributed by atoms with Crippen LogP contribution < -0.4 is 5.32 Å². The Labute approximate surface area is 157 Å². The third kappa shape index (κ3) is 4.46. The first-order valence-electron chi connectivity index (χ1n) is 7.59. The summed E-state index contributed by atoms with van der Waals surface area (Å²) in [5.74, 6) is 0.446. The summed E-state index contributed by atoms with van der Waals surface area (Å²) in [5.41, 5.74) is 0.517. The van der Waals surface area contributed by atoms with Gasteiger partial charge in [0, 0.05) is 16.9 Å². The largest absolute Gasteiger partial charge is 0.416 e. The number of anilines is 2. The van der Waals surface area contributed by atoms with Crippen LogP contribution in [-0.2, 0) is 6.18 Å². The van der Waals surface area contributed by atoms with E-state index in [0.29, 0.717) is 22.1 Å². The Morgan fingerprint density at radius 3 is 2.56 bits per heavy atom. The number of aromatic nitrogens is 2. The third-order valence-electron chi connectivity index (χ3n) is 3.53. The third-order valence-corrected chi connectivity index (χ3v) is 3.76. The van der Waals surface area contributed by atoms with Gasteiger partial charge in [-0.25, -0.2) is 4.99 Å². The Kier molecular flexibility index (Phi) is 5.14. The van der Waals surface area contributed by atoms with Gasteiger partial charge < -0.3 is 5.32 Å². The van der Waals surface area contributed by atoms with Crippen molar-refractivity contribution in [3.05, 3.63) is 70.2 Å². The average Bonchev–Trinajstić information content (AvgIpc) is 3.01. The fourth-order valence-corrected chi connectivity index (χ4v) is 2.42. The van der Waals surface area contributed by atoms with E-state index in [1.165, 1.54) is 18.3 Å². The van der Waals surface area contributed by atoms with Gasteiger partial charge in [-0.2, -0.15) is 23.5 Å². The predicted molar refractivity (Wildman–Crippen MR) is 96.7 cm³/mol. The second-order valence-electron chi connectivity index (χ2n) is 5.42. The van der Waals surface area contributed by atoms with Crippen molar-refractivity contribution < 1.29 is 13.2 Å². The van der Waals surface area contributed by atoms with Gasteiger partial charge in [0.1, 0.15) is 17.5 Å². The number of halogens is 4. The van der Waals surface area contributed by atoms with Gasteiger partial charge in [0.15, 0.2) is 5.82 Å². The van der Waals surface area contributed by atoms with Crippen molar-refractivity contribution in [2.24, 2.45) is 4.99 Å². The molecule has 1 aromatic heterocycles. The monoisotopic (exact) mass is 389 g/mol. The minimum Gasteiger partial charge on any atom is -0.339 e. The summed E-state index contributed by atoms with van der Waals surface area (Å²) in [6.45, 7) is 0. The maximum Gasteiger partial charge on any atom is 0.416 e. The molecule has 2 aromatic carbocycles. The van der Waals surface area contributed by atoms with E-state index >= 15 is 0 Å². The lowest BCUT2D eigenvalue weighted by Gasteiger charge is -2.05. The number of alkyl halides is 3. The van der Waals surface area contributed by atoms with Gasteiger partial charge >= 0.3 is 6.18 Å². The molecule has 136 valence electrons. The van der Waals surface area contributed by atoms with Crippen LogP contribution >= 0.6 is 11.6 Å². The second-order valence-corrected chi connectivity index (χ2v) is 5.86. The van der Waals surface area contributed by atoms with Crippen LogP contribution in [0.5, 0.6) is 0 Å². The van der Waals surface area contributed by atoms with Crippen LogP contribution in [-0.4, -0.2) is 16.4 Å². The van der Waals surface area contributed by atoms with Gasteiger partial charge in [-0.3, -0.25) is 5.10 Å². The Morgan fingerprint density at radius 1 is 1.19 bits per heavy atom. The lowest BCUT2D eigenvalue weighted by molar-refractivity contribution is -0.137. The molecule has 0 amide bonds. The zero-order valence-electron chi connectivity index (χ0n) is 13.5. The minimum absolute atomic E-state index is 0.113. The molecule has 5 nitrogen and oxygen atoms in total. The lowest BCUT2D eigenvalue weighted by atomic mass is 10.1. The van der Waals surface area contributed by atoms with E-state index in [-0.39, 0.29) is 11.4 Å². The van der Waals surface area contributed by atoms with E-state index in [0.717, 1.165) is 12.1 Å². The van der Waals surface area contributed by atoms with Gasteiger partial charge in [0.2, 0.25) is 0 Å². The van der Waals surface area contributed by atoms with Crippen LogP contribution in [0.15, 0.2) is 53.5 Å². The van der Waals surface area contributed by atoms with Crippen molar-refractivity contribution in [3.63, 3.8) is 0 Å². The van der Waals surface area contributed by atoms with E-state index in [9.17, 15) is 18.4 Å². The zero-order chi connectivity index (χ0) is 19.4. The molecule has 3 aromatic rings. The van der Waals surface area contributed by atoms with Gasteiger partial charge in [-0.1, -0.05) is 29.8 Å². The Balaban J connectivity index is 1.80. The van der Waals surface area contributed by atoms with Crippen LogP contribution in [0, 0.1) is 11.3 Å². The summed E-state index contributed by atoms with van der Waals surface area (Å²) in [6.07, 6.45) is -3.06. The molecule has 0 bridgehead atoms. The maximum absolute atomic E-state index is 12.6. The summed E-state index contributed by atoms with van der Waals surface area (Å²) in [6, 6.07) is 13.4. The summed E-state index contributed by atoms with van der Waals surface area (Å²) in [5, 5.41) is 19.5. The number of benzene rings is 2. The van der Waals surface area contributed by atoms with E-state index in [4.69, 9.17) is 11.6 Å². The van der Waals surface area contributed by atoms with Crippen molar-refractivity contribution in [2.75, 3.05) is 5.32 Å². The van der Waals surface area contributed by atoms with Gasteiger partial charge in [-0.05, 0) is 35.9 Å². The van der Waals surface area contributed by atoms with E-state index in [1.54, 1.807) is 24.3 Å². The molecule has 0 atom stereocenters. The number of aromatic amines is 1. The van der Waals surface area contributed by atoms with Crippen molar-refractivity contribution >= 4 is 35.1 Å². The van der Waals surface area contributed by atoms with E-state index < -0.39 is 11.7 Å². The lowest BCUT2D eigenvalue weighted by Crippen LogP contribution is -2.04. The molecular formula is C18H11ClF3N5. The van der Waals surface area contributed by atoms with Crippen molar-refractivity contribution in [2.45, 2.75) is 6.18 Å². The highest BCUT2D eigenvalue weighted by atomic mass is 35.5.